The topological polar surface area (TPSA) is 37.8 Å². The van der Waals surface area contributed by atoms with E-state index in [0.29, 0.717) is 5.82 Å². The van der Waals surface area contributed by atoms with Crippen molar-refractivity contribution in [3.63, 3.8) is 0 Å². The molecule has 5 heteroatoms. The molecule has 0 aliphatic heterocycles. The molecule has 0 aliphatic rings. The van der Waals surface area contributed by atoms with Gasteiger partial charge in [0.2, 0.25) is 0 Å². The molecule has 0 unspecified atom stereocenters. The fraction of sp³-hybridized carbons (Fsp3) is 0.231. The fourth-order valence-corrected chi connectivity index (χ4v) is 1.84. The van der Waals surface area contributed by atoms with Gasteiger partial charge in [-0.05, 0) is 40.2 Å². The molecule has 0 atom stereocenters. The van der Waals surface area contributed by atoms with E-state index in [2.05, 4.69) is 31.2 Å². The summed E-state index contributed by atoms with van der Waals surface area (Å²) in [6, 6.07) is 7.93. The van der Waals surface area contributed by atoms with Crippen molar-refractivity contribution in [1.29, 1.82) is 0 Å². The van der Waals surface area contributed by atoms with Crippen molar-refractivity contribution in [2.45, 2.75) is 19.8 Å². The highest BCUT2D eigenvalue weighted by Gasteiger charge is 2.07. The number of aromatic nitrogens is 2. The zero-order chi connectivity index (χ0) is 13.1. The van der Waals surface area contributed by atoms with Gasteiger partial charge in [-0.2, -0.15) is 0 Å². The summed E-state index contributed by atoms with van der Waals surface area (Å²) in [6.45, 7) is 4.06. The minimum absolute atomic E-state index is 0.247. The predicted octanol–water partition coefficient (Wildman–Crippen LogP) is 4.25. The van der Waals surface area contributed by atoms with Crippen LogP contribution >= 0.6 is 15.9 Å². The molecule has 0 radical (unpaired) electrons. The minimum atomic E-state index is -0.257. The molecule has 2 rings (SSSR count). The van der Waals surface area contributed by atoms with Crippen LogP contribution in [0.1, 0.15) is 25.6 Å². The minimum Gasteiger partial charge on any atom is -0.340 e. The van der Waals surface area contributed by atoms with E-state index in [1.807, 2.05) is 13.8 Å². The zero-order valence-corrected chi connectivity index (χ0v) is 11.7. The normalized spacial score (nSPS) is 10.7. The summed E-state index contributed by atoms with van der Waals surface area (Å²) in [4.78, 5) is 8.70. The number of hydrogen-bond donors (Lipinski definition) is 1. The summed E-state index contributed by atoms with van der Waals surface area (Å²) in [5.74, 6) is 1.43. The first kappa shape index (κ1) is 13.0. The number of hydrogen-bond acceptors (Lipinski definition) is 3. The molecule has 1 aromatic heterocycles. The second-order valence-electron chi connectivity index (χ2n) is 4.22. The Kier molecular flexibility index (Phi) is 3.91. The summed E-state index contributed by atoms with van der Waals surface area (Å²) >= 11 is 3.36. The molecule has 2 aromatic rings. The maximum Gasteiger partial charge on any atom is 0.135 e. The number of nitrogens with one attached hydrogen (secondary N) is 1. The van der Waals surface area contributed by atoms with E-state index in [4.69, 9.17) is 0 Å². The summed E-state index contributed by atoms with van der Waals surface area (Å²) in [5, 5.41) is 3.12. The van der Waals surface area contributed by atoms with E-state index >= 15 is 0 Å². The van der Waals surface area contributed by atoms with Crippen LogP contribution in [0, 0.1) is 5.82 Å². The number of rotatable bonds is 3. The molecule has 1 heterocycles. The summed E-state index contributed by atoms with van der Waals surface area (Å²) < 4.78 is 13.5. The lowest BCUT2D eigenvalue weighted by Gasteiger charge is -2.09. The molecule has 1 aromatic carbocycles. The van der Waals surface area contributed by atoms with Gasteiger partial charge in [0.1, 0.15) is 22.1 Å². The van der Waals surface area contributed by atoms with E-state index < -0.39 is 0 Å². The molecule has 1 N–H and O–H groups in total. The average molecular weight is 310 g/mol. The van der Waals surface area contributed by atoms with Crippen molar-refractivity contribution in [1.82, 2.24) is 9.97 Å². The first-order valence-electron chi connectivity index (χ1n) is 5.61. The van der Waals surface area contributed by atoms with Crippen LogP contribution in [-0.2, 0) is 0 Å². The standard InChI is InChI=1S/C13H13BrFN3/c1-8(2)13-17-11(14)7-12(18-13)16-10-5-3-9(15)4-6-10/h3-8H,1-2H3,(H,16,17,18). The number of benzene rings is 1. The van der Waals surface area contributed by atoms with Gasteiger partial charge in [-0.1, -0.05) is 13.8 Å². The third kappa shape index (κ3) is 3.26. The lowest BCUT2D eigenvalue weighted by molar-refractivity contribution is 0.628. The molecular formula is C13H13BrFN3. The largest absolute Gasteiger partial charge is 0.340 e. The van der Waals surface area contributed by atoms with Crippen molar-refractivity contribution < 1.29 is 4.39 Å². The number of halogens is 2. The van der Waals surface area contributed by atoms with Gasteiger partial charge in [0, 0.05) is 17.7 Å². The third-order valence-corrected chi connectivity index (χ3v) is 2.75. The Labute approximate surface area is 114 Å². The van der Waals surface area contributed by atoms with E-state index in [-0.39, 0.29) is 11.7 Å². The van der Waals surface area contributed by atoms with Gasteiger partial charge in [0.05, 0.1) is 0 Å². The number of anilines is 2. The fourth-order valence-electron chi connectivity index (χ4n) is 1.44. The Bertz CT molecular complexity index is 540. The highest BCUT2D eigenvalue weighted by atomic mass is 79.9. The second-order valence-corrected chi connectivity index (χ2v) is 5.03. The molecule has 0 spiro atoms. The Morgan fingerprint density at radius 2 is 1.83 bits per heavy atom. The lowest BCUT2D eigenvalue weighted by atomic mass is 10.2. The molecule has 0 saturated carbocycles. The predicted molar refractivity (Wildman–Crippen MR) is 73.5 cm³/mol. The van der Waals surface area contributed by atoms with Gasteiger partial charge in [-0.25, -0.2) is 14.4 Å². The van der Waals surface area contributed by atoms with Crippen molar-refractivity contribution in [3.8, 4) is 0 Å². The van der Waals surface area contributed by atoms with Crippen LogP contribution in [0.25, 0.3) is 0 Å². The first-order valence-corrected chi connectivity index (χ1v) is 6.41. The molecular weight excluding hydrogens is 297 g/mol. The van der Waals surface area contributed by atoms with Crippen LogP contribution in [0.4, 0.5) is 15.9 Å². The molecule has 0 amide bonds. The SMILES string of the molecule is CC(C)c1nc(Br)cc(Nc2ccc(F)cc2)n1. The third-order valence-electron chi connectivity index (χ3n) is 2.35. The molecule has 18 heavy (non-hydrogen) atoms. The average Bonchev–Trinajstić information content (AvgIpc) is 2.31. The summed E-state index contributed by atoms with van der Waals surface area (Å²) in [5.41, 5.74) is 0.789. The Morgan fingerprint density at radius 1 is 1.17 bits per heavy atom. The highest BCUT2D eigenvalue weighted by molar-refractivity contribution is 9.10. The summed E-state index contributed by atoms with van der Waals surface area (Å²) in [6.07, 6.45) is 0. The molecule has 0 aliphatic carbocycles. The Morgan fingerprint density at radius 3 is 2.44 bits per heavy atom. The maximum absolute atomic E-state index is 12.8. The van der Waals surface area contributed by atoms with E-state index in [9.17, 15) is 4.39 Å². The van der Waals surface area contributed by atoms with Gasteiger partial charge < -0.3 is 5.32 Å². The van der Waals surface area contributed by atoms with Crippen molar-refractivity contribution in [2.75, 3.05) is 5.32 Å². The van der Waals surface area contributed by atoms with Gasteiger partial charge in [0.25, 0.3) is 0 Å². The van der Waals surface area contributed by atoms with Crippen molar-refractivity contribution >= 4 is 27.4 Å². The van der Waals surface area contributed by atoms with Gasteiger partial charge in [0.15, 0.2) is 0 Å². The van der Waals surface area contributed by atoms with Crippen LogP contribution < -0.4 is 5.32 Å². The van der Waals surface area contributed by atoms with Gasteiger partial charge >= 0.3 is 0 Å². The molecule has 0 bridgehead atoms. The lowest BCUT2D eigenvalue weighted by Crippen LogP contribution is -2.02. The van der Waals surface area contributed by atoms with Crippen LogP contribution in [0.2, 0.25) is 0 Å². The van der Waals surface area contributed by atoms with Crippen molar-refractivity contribution in [2.24, 2.45) is 0 Å². The molecule has 0 saturated heterocycles. The summed E-state index contributed by atoms with van der Waals surface area (Å²) in [7, 11) is 0. The maximum atomic E-state index is 12.8. The highest BCUT2D eigenvalue weighted by Crippen LogP contribution is 2.20. The second kappa shape index (κ2) is 5.44. The Hall–Kier alpha value is -1.49. The molecule has 94 valence electrons. The zero-order valence-electron chi connectivity index (χ0n) is 10.1. The monoisotopic (exact) mass is 309 g/mol. The molecule has 3 nitrogen and oxygen atoms in total. The van der Waals surface area contributed by atoms with Crippen LogP contribution in [0.3, 0.4) is 0 Å². The first-order chi connectivity index (χ1) is 8.54. The van der Waals surface area contributed by atoms with Gasteiger partial charge in [-0.3, -0.25) is 0 Å². The van der Waals surface area contributed by atoms with Crippen LogP contribution in [0.15, 0.2) is 34.9 Å². The van der Waals surface area contributed by atoms with Gasteiger partial charge in [-0.15, -0.1) is 0 Å². The van der Waals surface area contributed by atoms with Crippen molar-refractivity contribution in [3.05, 3.63) is 46.6 Å². The number of nitrogens with zero attached hydrogens (tertiary/aromatic N) is 2. The van der Waals surface area contributed by atoms with Crippen LogP contribution in [-0.4, -0.2) is 9.97 Å². The van der Waals surface area contributed by atoms with E-state index in [1.165, 1.54) is 12.1 Å². The molecule has 0 fully saturated rings. The quantitative estimate of drug-likeness (QED) is 0.861. The van der Waals surface area contributed by atoms with Crippen LogP contribution in [0.5, 0.6) is 0 Å². The Balaban J connectivity index is 2.26. The smallest absolute Gasteiger partial charge is 0.135 e. The van der Waals surface area contributed by atoms with E-state index in [1.54, 1.807) is 18.2 Å². The van der Waals surface area contributed by atoms with E-state index in [0.717, 1.165) is 16.1 Å².